The Morgan fingerprint density at radius 3 is 1.50 bits per heavy atom. The molecule has 0 spiro atoms. The number of aliphatic hydroxyl groups excluding tert-OH is 6. The lowest BCUT2D eigenvalue weighted by Crippen LogP contribution is -2.55. The Morgan fingerprint density at radius 2 is 1.17 bits per heavy atom. The molecule has 0 saturated carbocycles. The second-order valence-electron chi connectivity index (χ2n) is 7.49. The first kappa shape index (κ1) is 27.1. The van der Waals surface area contributed by atoms with Crippen molar-refractivity contribution in [1.82, 2.24) is 20.0 Å². The number of rotatable bonds is 10. The Bertz CT molecular complexity index is 443. The van der Waals surface area contributed by atoms with Crippen molar-refractivity contribution in [2.75, 3.05) is 85.3 Å². The fourth-order valence-corrected chi connectivity index (χ4v) is 3.66. The molecule has 0 bridgehead atoms. The fraction of sp³-hybridized carbons (Fsp3) is 0.944. The highest BCUT2D eigenvalue weighted by Crippen LogP contribution is 2.08. The molecule has 0 aromatic carbocycles. The Morgan fingerprint density at radius 1 is 0.733 bits per heavy atom. The van der Waals surface area contributed by atoms with Gasteiger partial charge in [0.15, 0.2) is 0 Å². The number of carbonyl (C=O) groups is 1. The summed E-state index contributed by atoms with van der Waals surface area (Å²) in [5, 5.41) is 70.4. The normalized spacial score (nSPS) is 23.1. The molecule has 0 aliphatic carbocycles. The molecule has 0 amide bonds. The van der Waals surface area contributed by atoms with Gasteiger partial charge in [-0.3, -0.25) is 19.5 Å². The summed E-state index contributed by atoms with van der Waals surface area (Å²) in [7, 11) is 0. The van der Waals surface area contributed by atoms with Crippen LogP contribution in [0.25, 0.3) is 0 Å². The number of aliphatic hydroxyl groups is 6. The molecule has 1 fully saturated rings. The smallest absolute Gasteiger partial charge is 0.317 e. The van der Waals surface area contributed by atoms with Gasteiger partial charge >= 0.3 is 5.97 Å². The Hall–Kier alpha value is -0.930. The zero-order chi connectivity index (χ0) is 22.5. The van der Waals surface area contributed by atoms with Crippen LogP contribution in [-0.4, -0.2) is 166 Å². The van der Waals surface area contributed by atoms with E-state index in [-0.39, 0.29) is 19.8 Å². The average Bonchev–Trinajstić information content (AvgIpc) is 2.72. The minimum atomic E-state index is -1.11. The van der Waals surface area contributed by atoms with Crippen molar-refractivity contribution in [3.05, 3.63) is 0 Å². The summed E-state index contributed by atoms with van der Waals surface area (Å²) in [6, 6.07) is -1.33. The quantitative estimate of drug-likeness (QED) is 0.163. The number of carboxylic acid groups (broad SMARTS) is 1. The van der Waals surface area contributed by atoms with E-state index >= 15 is 0 Å². The van der Waals surface area contributed by atoms with Crippen molar-refractivity contribution in [3.8, 4) is 0 Å². The van der Waals surface area contributed by atoms with Crippen LogP contribution >= 0.6 is 0 Å². The summed E-state index contributed by atoms with van der Waals surface area (Å²) < 4.78 is 0. The summed E-state index contributed by atoms with van der Waals surface area (Å²) in [5.41, 5.74) is 0. The molecule has 30 heavy (non-hydrogen) atoms. The zero-order valence-corrected chi connectivity index (χ0v) is 17.4. The SMILES string of the molecule is O=C(O)CN1CCN(C(CO)C(O)CO)CCNCCN(C(CO)C(O)CO)CC1. The summed E-state index contributed by atoms with van der Waals surface area (Å²) in [5.74, 6) is -0.995. The van der Waals surface area contributed by atoms with Crippen molar-refractivity contribution in [3.63, 3.8) is 0 Å². The molecule has 0 aromatic heterocycles. The Kier molecular flexibility index (Phi) is 13.5. The van der Waals surface area contributed by atoms with Gasteiger partial charge in [-0.2, -0.15) is 0 Å². The van der Waals surface area contributed by atoms with Gasteiger partial charge in [0.05, 0.1) is 57.3 Å². The van der Waals surface area contributed by atoms with Crippen LogP contribution in [0.4, 0.5) is 0 Å². The van der Waals surface area contributed by atoms with Crippen LogP contribution in [0.1, 0.15) is 0 Å². The topological polar surface area (TPSA) is 180 Å². The van der Waals surface area contributed by atoms with E-state index in [0.29, 0.717) is 52.4 Å². The van der Waals surface area contributed by atoms with Crippen LogP contribution in [0, 0.1) is 0 Å². The number of nitrogens with one attached hydrogen (secondary N) is 1. The maximum Gasteiger partial charge on any atom is 0.317 e. The average molecular weight is 439 g/mol. The third kappa shape index (κ3) is 9.06. The van der Waals surface area contributed by atoms with Crippen molar-refractivity contribution >= 4 is 5.97 Å². The predicted octanol–water partition coefficient (Wildman–Crippen LogP) is -4.99. The summed E-state index contributed by atoms with van der Waals surface area (Å²) >= 11 is 0. The van der Waals surface area contributed by atoms with E-state index in [0.717, 1.165) is 0 Å². The predicted molar refractivity (Wildman–Crippen MR) is 108 cm³/mol. The molecule has 1 aliphatic heterocycles. The molecule has 12 nitrogen and oxygen atoms in total. The van der Waals surface area contributed by atoms with Gasteiger partial charge in [0.1, 0.15) is 0 Å². The van der Waals surface area contributed by atoms with E-state index in [2.05, 4.69) is 5.32 Å². The van der Waals surface area contributed by atoms with Crippen LogP contribution in [0.5, 0.6) is 0 Å². The van der Waals surface area contributed by atoms with E-state index in [1.54, 1.807) is 4.90 Å². The van der Waals surface area contributed by atoms with Gasteiger partial charge in [0.2, 0.25) is 0 Å². The molecular formula is C18H38N4O8. The summed E-state index contributed by atoms with van der Waals surface area (Å²) in [4.78, 5) is 16.7. The van der Waals surface area contributed by atoms with Crippen LogP contribution < -0.4 is 5.32 Å². The van der Waals surface area contributed by atoms with Gasteiger partial charge in [-0.25, -0.2) is 0 Å². The highest BCUT2D eigenvalue weighted by molar-refractivity contribution is 5.69. The van der Waals surface area contributed by atoms with Crippen LogP contribution in [0.15, 0.2) is 0 Å². The largest absolute Gasteiger partial charge is 0.480 e. The van der Waals surface area contributed by atoms with E-state index < -0.39 is 43.5 Å². The second-order valence-corrected chi connectivity index (χ2v) is 7.49. The zero-order valence-electron chi connectivity index (χ0n) is 17.4. The lowest BCUT2D eigenvalue weighted by Gasteiger charge is -2.37. The summed E-state index contributed by atoms with van der Waals surface area (Å²) in [6.07, 6.45) is -2.23. The number of hydrogen-bond acceptors (Lipinski definition) is 11. The molecule has 1 heterocycles. The molecule has 0 aromatic rings. The second kappa shape index (κ2) is 15.0. The highest BCUT2D eigenvalue weighted by atomic mass is 16.4. The standard InChI is InChI=1S/C18H38N4O8/c23-10-14(16(27)12-25)21-3-1-19-2-4-22(15(11-24)17(28)13-26)8-6-20(5-7-21)9-18(29)30/h14-17,19,23-28H,1-13H2,(H,29,30). The Labute approximate surface area is 176 Å². The number of nitrogens with zero attached hydrogens (tertiary/aromatic N) is 3. The third-order valence-corrected chi connectivity index (χ3v) is 5.49. The monoisotopic (exact) mass is 438 g/mol. The van der Waals surface area contributed by atoms with Crippen molar-refractivity contribution < 1.29 is 40.5 Å². The molecule has 1 rings (SSSR count). The molecular weight excluding hydrogens is 400 g/mol. The highest BCUT2D eigenvalue weighted by Gasteiger charge is 2.28. The van der Waals surface area contributed by atoms with Gasteiger partial charge in [-0.15, -0.1) is 0 Å². The third-order valence-electron chi connectivity index (χ3n) is 5.49. The van der Waals surface area contributed by atoms with Gasteiger partial charge < -0.3 is 41.1 Å². The van der Waals surface area contributed by atoms with E-state index in [1.165, 1.54) is 0 Å². The first-order valence-corrected chi connectivity index (χ1v) is 10.3. The molecule has 178 valence electrons. The van der Waals surface area contributed by atoms with E-state index in [4.69, 9.17) is 0 Å². The molecule has 1 saturated heterocycles. The molecule has 1 aliphatic rings. The molecule has 4 atom stereocenters. The first-order valence-electron chi connectivity index (χ1n) is 10.3. The number of aliphatic carboxylic acids is 1. The van der Waals surface area contributed by atoms with Crippen LogP contribution in [0.2, 0.25) is 0 Å². The number of carboxylic acids is 1. The van der Waals surface area contributed by atoms with Gasteiger partial charge in [-0.1, -0.05) is 0 Å². The van der Waals surface area contributed by atoms with Gasteiger partial charge in [-0.05, 0) is 0 Å². The van der Waals surface area contributed by atoms with Crippen LogP contribution in [0.3, 0.4) is 0 Å². The molecule has 0 radical (unpaired) electrons. The summed E-state index contributed by atoms with van der Waals surface area (Å²) in [6.45, 7) is 1.55. The number of hydrogen-bond donors (Lipinski definition) is 8. The minimum Gasteiger partial charge on any atom is -0.480 e. The maximum absolute atomic E-state index is 11.3. The minimum absolute atomic E-state index is 0.210. The van der Waals surface area contributed by atoms with Crippen molar-refractivity contribution in [2.24, 2.45) is 0 Å². The van der Waals surface area contributed by atoms with Gasteiger partial charge in [0, 0.05) is 52.4 Å². The fourth-order valence-electron chi connectivity index (χ4n) is 3.66. The van der Waals surface area contributed by atoms with Crippen molar-refractivity contribution in [2.45, 2.75) is 24.3 Å². The lowest BCUT2D eigenvalue weighted by molar-refractivity contribution is -0.138. The molecule has 4 unspecified atom stereocenters. The Balaban J connectivity index is 2.92. The van der Waals surface area contributed by atoms with Crippen LogP contribution in [-0.2, 0) is 4.79 Å². The van der Waals surface area contributed by atoms with E-state index in [9.17, 15) is 40.5 Å². The van der Waals surface area contributed by atoms with Gasteiger partial charge in [0.25, 0.3) is 0 Å². The molecule has 12 heteroatoms. The lowest BCUT2D eigenvalue weighted by atomic mass is 10.1. The first-order chi connectivity index (χ1) is 14.4. The maximum atomic E-state index is 11.3. The van der Waals surface area contributed by atoms with Crippen molar-refractivity contribution in [1.29, 1.82) is 0 Å². The van der Waals surface area contributed by atoms with E-state index in [1.807, 2.05) is 9.80 Å². The molecule has 8 N–H and O–H groups in total.